The molecule has 0 aliphatic carbocycles. The summed E-state index contributed by atoms with van der Waals surface area (Å²) < 4.78 is 10.7. The topological polar surface area (TPSA) is 80.2 Å². The summed E-state index contributed by atoms with van der Waals surface area (Å²) in [5.74, 6) is 0.0293. The van der Waals surface area contributed by atoms with Crippen LogP contribution in [0.1, 0.15) is 32.3 Å². The molecular weight excluding hydrogens is 382 g/mol. The molecule has 0 radical (unpaired) electrons. The predicted octanol–water partition coefficient (Wildman–Crippen LogP) is 3.92. The van der Waals surface area contributed by atoms with Crippen molar-refractivity contribution in [1.29, 1.82) is 0 Å². The van der Waals surface area contributed by atoms with Crippen LogP contribution in [-0.2, 0) is 14.3 Å². The number of amides is 1. The molecule has 3 rings (SSSR count). The van der Waals surface area contributed by atoms with Gasteiger partial charge in [-0.2, -0.15) is 5.10 Å². The van der Waals surface area contributed by atoms with Crippen LogP contribution >= 0.6 is 0 Å². The molecule has 1 N–H and O–H groups in total. The van der Waals surface area contributed by atoms with E-state index in [0.717, 1.165) is 23.4 Å². The van der Waals surface area contributed by atoms with E-state index < -0.39 is 12.0 Å². The number of esters is 1. The maximum absolute atomic E-state index is 13.1. The lowest BCUT2D eigenvalue weighted by Gasteiger charge is -2.23. The van der Waals surface area contributed by atoms with Crippen LogP contribution < -0.4 is 15.1 Å². The van der Waals surface area contributed by atoms with Crippen LogP contribution in [0.4, 0.5) is 11.4 Å². The molecule has 0 saturated heterocycles. The van der Waals surface area contributed by atoms with Crippen molar-refractivity contribution in [1.82, 2.24) is 0 Å². The zero-order chi connectivity index (χ0) is 21.5. The summed E-state index contributed by atoms with van der Waals surface area (Å²) in [6.07, 6.45) is 1.10. The highest BCUT2D eigenvalue weighted by molar-refractivity contribution is 6.38. The Morgan fingerprint density at radius 3 is 2.60 bits per heavy atom. The molecule has 0 spiro atoms. The third kappa shape index (κ3) is 4.97. The first-order valence-electron chi connectivity index (χ1n) is 10.2. The summed E-state index contributed by atoms with van der Waals surface area (Å²) >= 11 is 0. The zero-order valence-electron chi connectivity index (χ0n) is 17.6. The van der Waals surface area contributed by atoms with E-state index in [2.05, 4.69) is 10.4 Å². The van der Waals surface area contributed by atoms with E-state index in [-0.39, 0.29) is 24.6 Å². The number of benzene rings is 2. The largest absolute Gasteiger partial charge is 0.494 e. The molecule has 1 aliphatic heterocycles. The molecule has 158 valence electrons. The minimum atomic E-state index is -0.651. The third-order valence-corrected chi connectivity index (χ3v) is 4.67. The molecule has 1 heterocycles. The fraction of sp³-hybridized carbons (Fsp3) is 0.348. The molecule has 1 amide bonds. The van der Waals surface area contributed by atoms with E-state index >= 15 is 0 Å². The van der Waals surface area contributed by atoms with Gasteiger partial charge in [0.15, 0.2) is 0 Å². The Morgan fingerprint density at radius 2 is 1.93 bits per heavy atom. The Morgan fingerprint density at radius 1 is 1.17 bits per heavy atom. The highest BCUT2D eigenvalue weighted by Crippen LogP contribution is 2.27. The first-order chi connectivity index (χ1) is 14.5. The van der Waals surface area contributed by atoms with Gasteiger partial charge >= 0.3 is 5.97 Å². The van der Waals surface area contributed by atoms with Crippen LogP contribution in [0.3, 0.4) is 0 Å². The molecule has 2 aromatic carbocycles. The van der Waals surface area contributed by atoms with Crippen molar-refractivity contribution in [3.8, 4) is 5.75 Å². The lowest BCUT2D eigenvalue weighted by Crippen LogP contribution is -2.39. The number of carbonyl (C=O) groups excluding carboxylic acids is 2. The quantitative estimate of drug-likeness (QED) is 0.669. The van der Waals surface area contributed by atoms with E-state index in [1.807, 2.05) is 62.4 Å². The van der Waals surface area contributed by atoms with Crippen LogP contribution in [0.5, 0.6) is 5.75 Å². The van der Waals surface area contributed by atoms with Gasteiger partial charge in [-0.15, -0.1) is 0 Å². The summed E-state index contributed by atoms with van der Waals surface area (Å²) in [6.45, 7) is 6.61. The summed E-state index contributed by atoms with van der Waals surface area (Å²) in [5.41, 5.74) is 2.56. The Kier molecular flexibility index (Phi) is 7.06. The maximum atomic E-state index is 13.1. The van der Waals surface area contributed by atoms with Crippen molar-refractivity contribution in [3.05, 3.63) is 54.1 Å². The highest BCUT2D eigenvalue weighted by atomic mass is 16.5. The standard InChI is InChI=1S/C23H27N3O4/c1-4-13-30-18-11-12-19(16(3)14-18)24-22(27)21-15-20(23(28)29-5-2)25-26(21)17-9-7-6-8-10-17/h6-12,14,21H,4-5,13,15H2,1-3H3,(H,24,27). The third-order valence-electron chi connectivity index (χ3n) is 4.67. The second kappa shape index (κ2) is 9.91. The lowest BCUT2D eigenvalue weighted by atomic mass is 10.1. The average Bonchev–Trinajstić information content (AvgIpc) is 3.20. The Balaban J connectivity index is 1.79. The van der Waals surface area contributed by atoms with Crippen molar-refractivity contribution in [2.45, 2.75) is 39.7 Å². The predicted molar refractivity (Wildman–Crippen MR) is 117 cm³/mol. The van der Waals surface area contributed by atoms with Crippen molar-refractivity contribution < 1.29 is 19.1 Å². The van der Waals surface area contributed by atoms with Gasteiger partial charge in [-0.3, -0.25) is 9.80 Å². The molecule has 1 atom stereocenters. The molecule has 1 aliphatic rings. The first kappa shape index (κ1) is 21.4. The van der Waals surface area contributed by atoms with Gasteiger partial charge in [0.25, 0.3) is 0 Å². The molecule has 2 aromatic rings. The fourth-order valence-electron chi connectivity index (χ4n) is 3.17. The van der Waals surface area contributed by atoms with E-state index in [1.165, 1.54) is 0 Å². The minimum Gasteiger partial charge on any atom is -0.494 e. The summed E-state index contributed by atoms with van der Waals surface area (Å²) in [5, 5.41) is 8.93. The highest BCUT2D eigenvalue weighted by Gasteiger charge is 2.37. The Hall–Kier alpha value is -3.35. The fourth-order valence-corrected chi connectivity index (χ4v) is 3.17. The second-order valence-corrected chi connectivity index (χ2v) is 6.98. The van der Waals surface area contributed by atoms with Crippen molar-refractivity contribution in [2.75, 3.05) is 23.5 Å². The summed E-state index contributed by atoms with van der Waals surface area (Å²) in [4.78, 5) is 25.3. The normalized spacial score (nSPS) is 15.5. The van der Waals surface area contributed by atoms with Crippen molar-refractivity contribution in [3.63, 3.8) is 0 Å². The molecule has 0 bridgehead atoms. The molecule has 0 saturated carbocycles. The molecule has 7 nitrogen and oxygen atoms in total. The van der Waals surface area contributed by atoms with E-state index in [9.17, 15) is 9.59 Å². The summed E-state index contributed by atoms with van der Waals surface area (Å²) in [6, 6.07) is 14.2. The number of anilines is 2. The van der Waals surface area contributed by atoms with Crippen LogP contribution in [-0.4, -0.2) is 36.8 Å². The van der Waals surface area contributed by atoms with E-state index in [0.29, 0.717) is 12.3 Å². The Bertz CT molecular complexity index is 927. The van der Waals surface area contributed by atoms with Gasteiger partial charge in [-0.25, -0.2) is 4.79 Å². The smallest absolute Gasteiger partial charge is 0.354 e. The molecule has 7 heteroatoms. The van der Waals surface area contributed by atoms with Crippen LogP contribution in [0.15, 0.2) is 53.6 Å². The zero-order valence-corrected chi connectivity index (χ0v) is 17.6. The van der Waals surface area contributed by atoms with Gasteiger partial charge in [-0.1, -0.05) is 25.1 Å². The minimum absolute atomic E-state index is 0.177. The van der Waals surface area contributed by atoms with Gasteiger partial charge in [0.05, 0.1) is 18.9 Å². The van der Waals surface area contributed by atoms with Gasteiger partial charge in [-0.05, 0) is 56.2 Å². The van der Waals surface area contributed by atoms with Gasteiger partial charge in [0, 0.05) is 12.1 Å². The van der Waals surface area contributed by atoms with Crippen molar-refractivity contribution >= 4 is 29.0 Å². The number of para-hydroxylation sites is 1. The van der Waals surface area contributed by atoms with Crippen LogP contribution in [0.2, 0.25) is 0 Å². The van der Waals surface area contributed by atoms with Crippen LogP contribution in [0.25, 0.3) is 0 Å². The first-order valence-corrected chi connectivity index (χ1v) is 10.2. The van der Waals surface area contributed by atoms with Gasteiger partial charge < -0.3 is 14.8 Å². The lowest BCUT2D eigenvalue weighted by molar-refractivity contribution is -0.135. The summed E-state index contributed by atoms with van der Waals surface area (Å²) in [7, 11) is 0. The number of hydrogen-bond acceptors (Lipinski definition) is 6. The number of nitrogens with one attached hydrogen (secondary N) is 1. The number of hydrogen-bond donors (Lipinski definition) is 1. The van der Waals surface area contributed by atoms with Gasteiger partial charge in [0.1, 0.15) is 17.5 Å². The Labute approximate surface area is 176 Å². The molecular formula is C23H27N3O4. The monoisotopic (exact) mass is 409 g/mol. The number of aryl methyl sites for hydroxylation is 1. The average molecular weight is 409 g/mol. The maximum Gasteiger partial charge on any atom is 0.354 e. The molecule has 1 unspecified atom stereocenters. The number of nitrogens with zero attached hydrogens (tertiary/aromatic N) is 2. The number of rotatable bonds is 8. The molecule has 0 fully saturated rings. The van der Waals surface area contributed by atoms with Gasteiger partial charge in [0.2, 0.25) is 5.91 Å². The molecule has 0 aromatic heterocycles. The number of hydrazone groups is 1. The SMILES string of the molecule is CCCOc1ccc(NC(=O)C2CC(C(=O)OCC)=NN2c2ccccc2)c(C)c1. The number of carbonyl (C=O) groups is 2. The molecule has 30 heavy (non-hydrogen) atoms. The number of ether oxygens (including phenoxy) is 2. The van der Waals surface area contributed by atoms with E-state index in [4.69, 9.17) is 9.47 Å². The second-order valence-electron chi connectivity index (χ2n) is 6.98. The van der Waals surface area contributed by atoms with E-state index in [1.54, 1.807) is 11.9 Å². The van der Waals surface area contributed by atoms with Crippen LogP contribution in [0, 0.1) is 6.92 Å². The van der Waals surface area contributed by atoms with Crippen molar-refractivity contribution in [2.24, 2.45) is 5.10 Å².